The fourth-order valence-corrected chi connectivity index (χ4v) is 3.61. The van der Waals surface area contributed by atoms with Gasteiger partial charge < -0.3 is 10.8 Å². The molecule has 0 aliphatic heterocycles. The minimum absolute atomic E-state index is 0.283. The lowest BCUT2D eigenvalue weighted by Gasteiger charge is -2.46. The lowest BCUT2D eigenvalue weighted by molar-refractivity contribution is -0.0867. The van der Waals surface area contributed by atoms with Crippen LogP contribution in [-0.4, -0.2) is 11.7 Å². The highest BCUT2D eigenvalue weighted by Crippen LogP contribution is 2.48. The van der Waals surface area contributed by atoms with Crippen LogP contribution in [0.15, 0.2) is 18.2 Å². The zero-order valence-corrected chi connectivity index (χ0v) is 12.7. The predicted molar refractivity (Wildman–Crippen MR) is 79.7 cm³/mol. The van der Waals surface area contributed by atoms with E-state index < -0.39 is 22.7 Å². The van der Waals surface area contributed by atoms with Crippen molar-refractivity contribution < 1.29 is 13.9 Å². The van der Waals surface area contributed by atoms with Gasteiger partial charge in [-0.2, -0.15) is 0 Å². The van der Waals surface area contributed by atoms with Gasteiger partial charge in [0.05, 0.1) is 5.60 Å². The molecule has 1 unspecified atom stereocenters. The molecule has 0 amide bonds. The first kappa shape index (κ1) is 16.4. The van der Waals surface area contributed by atoms with E-state index >= 15 is 0 Å². The Morgan fingerprint density at radius 1 is 1.05 bits per heavy atom. The normalized spacial score (nSPS) is 22.1. The molecule has 0 bridgehead atoms. The second-order valence-corrected chi connectivity index (χ2v) is 6.48. The van der Waals surface area contributed by atoms with Gasteiger partial charge in [-0.25, -0.2) is 8.78 Å². The van der Waals surface area contributed by atoms with E-state index in [1.807, 2.05) is 0 Å². The van der Waals surface area contributed by atoms with E-state index in [1.54, 1.807) is 6.92 Å². The Morgan fingerprint density at radius 2 is 1.52 bits per heavy atom. The van der Waals surface area contributed by atoms with Crippen LogP contribution in [0.1, 0.15) is 57.4 Å². The van der Waals surface area contributed by atoms with Crippen molar-refractivity contribution in [2.24, 2.45) is 11.1 Å². The Kier molecular flexibility index (Phi) is 4.99. The Balaban J connectivity index is 2.41. The topological polar surface area (TPSA) is 46.2 Å². The molecule has 1 aliphatic rings. The van der Waals surface area contributed by atoms with E-state index in [0.717, 1.165) is 44.6 Å². The molecule has 0 radical (unpaired) electrons. The third-order valence-corrected chi connectivity index (χ3v) is 5.16. The molecule has 1 aromatic carbocycles. The first-order valence-corrected chi connectivity index (χ1v) is 7.80. The van der Waals surface area contributed by atoms with Crippen LogP contribution in [0.3, 0.4) is 0 Å². The third kappa shape index (κ3) is 3.27. The highest BCUT2D eigenvalue weighted by atomic mass is 19.1. The summed E-state index contributed by atoms with van der Waals surface area (Å²) in [6.45, 7) is 1.97. The average Bonchev–Trinajstić information content (AvgIpc) is 2.37. The molecule has 21 heavy (non-hydrogen) atoms. The number of hydrogen-bond acceptors (Lipinski definition) is 2. The van der Waals surface area contributed by atoms with E-state index in [2.05, 4.69) is 0 Å². The van der Waals surface area contributed by atoms with Gasteiger partial charge in [0.2, 0.25) is 0 Å². The molecule has 0 saturated heterocycles. The van der Waals surface area contributed by atoms with Crippen molar-refractivity contribution in [3.8, 4) is 0 Å². The summed E-state index contributed by atoms with van der Waals surface area (Å²) in [5.41, 5.74) is 4.44. The molecular formula is C17H25F2NO. The number of halogens is 2. The van der Waals surface area contributed by atoms with Crippen molar-refractivity contribution in [3.63, 3.8) is 0 Å². The number of nitrogens with two attached hydrogens (primary N) is 1. The predicted octanol–water partition coefficient (Wildman–Crippen LogP) is 3.86. The molecule has 1 saturated carbocycles. The average molecular weight is 297 g/mol. The van der Waals surface area contributed by atoms with Crippen molar-refractivity contribution >= 4 is 0 Å². The standard InChI is InChI=1S/C17H25F2NO/c1-16(21,13-9-14(18)11-15(19)10-13)17(12-20)7-5-3-2-4-6-8-17/h9-11,21H,2-8,12,20H2,1H3. The monoisotopic (exact) mass is 297 g/mol. The summed E-state index contributed by atoms with van der Waals surface area (Å²) in [6.07, 6.45) is 7.00. The number of benzene rings is 1. The quantitative estimate of drug-likeness (QED) is 0.890. The van der Waals surface area contributed by atoms with Crippen LogP contribution >= 0.6 is 0 Å². The van der Waals surface area contributed by atoms with Crippen LogP contribution in [0.4, 0.5) is 8.78 Å². The molecule has 2 nitrogen and oxygen atoms in total. The van der Waals surface area contributed by atoms with Crippen molar-refractivity contribution in [1.82, 2.24) is 0 Å². The van der Waals surface area contributed by atoms with Crippen molar-refractivity contribution in [2.45, 2.75) is 57.5 Å². The van der Waals surface area contributed by atoms with Gasteiger partial charge in [0.1, 0.15) is 11.6 Å². The van der Waals surface area contributed by atoms with Gasteiger partial charge in [-0.3, -0.25) is 0 Å². The highest BCUT2D eigenvalue weighted by Gasteiger charge is 2.46. The Hall–Kier alpha value is -1.00. The van der Waals surface area contributed by atoms with Gasteiger partial charge >= 0.3 is 0 Å². The molecule has 1 fully saturated rings. The van der Waals surface area contributed by atoms with Gasteiger partial charge in [-0.15, -0.1) is 0 Å². The van der Waals surface area contributed by atoms with Crippen molar-refractivity contribution in [3.05, 3.63) is 35.4 Å². The van der Waals surface area contributed by atoms with E-state index in [9.17, 15) is 13.9 Å². The molecular weight excluding hydrogens is 272 g/mol. The summed E-state index contributed by atoms with van der Waals surface area (Å²) in [5.74, 6) is -1.33. The molecule has 1 aliphatic carbocycles. The molecule has 3 N–H and O–H groups in total. The van der Waals surface area contributed by atoms with E-state index in [-0.39, 0.29) is 5.56 Å². The number of aliphatic hydroxyl groups is 1. The Labute approximate surface area is 125 Å². The SMILES string of the molecule is CC(O)(c1cc(F)cc(F)c1)C1(CN)CCCCCCC1. The summed E-state index contributed by atoms with van der Waals surface area (Å²) >= 11 is 0. The minimum Gasteiger partial charge on any atom is -0.385 e. The third-order valence-electron chi connectivity index (χ3n) is 5.16. The second-order valence-electron chi connectivity index (χ2n) is 6.48. The summed E-state index contributed by atoms with van der Waals surface area (Å²) in [4.78, 5) is 0. The molecule has 118 valence electrons. The number of rotatable bonds is 3. The highest BCUT2D eigenvalue weighted by molar-refractivity contribution is 5.27. The lowest BCUT2D eigenvalue weighted by atomic mass is 9.63. The molecule has 0 aromatic heterocycles. The zero-order valence-electron chi connectivity index (χ0n) is 12.7. The summed E-state index contributed by atoms with van der Waals surface area (Å²) in [6, 6.07) is 3.27. The smallest absolute Gasteiger partial charge is 0.126 e. The van der Waals surface area contributed by atoms with Crippen LogP contribution in [0, 0.1) is 17.0 Å². The minimum atomic E-state index is -1.33. The molecule has 1 atom stereocenters. The Morgan fingerprint density at radius 3 is 2.00 bits per heavy atom. The molecule has 4 heteroatoms. The maximum Gasteiger partial charge on any atom is 0.126 e. The van der Waals surface area contributed by atoms with Gasteiger partial charge in [-0.05, 0) is 37.5 Å². The maximum absolute atomic E-state index is 13.5. The Bertz CT molecular complexity index is 459. The maximum atomic E-state index is 13.5. The fourth-order valence-electron chi connectivity index (χ4n) is 3.61. The van der Waals surface area contributed by atoms with Crippen molar-refractivity contribution in [2.75, 3.05) is 6.54 Å². The largest absolute Gasteiger partial charge is 0.385 e. The van der Waals surface area contributed by atoms with Gasteiger partial charge in [0.15, 0.2) is 0 Å². The fraction of sp³-hybridized carbons (Fsp3) is 0.647. The van der Waals surface area contributed by atoms with Gasteiger partial charge in [-0.1, -0.05) is 32.1 Å². The summed E-state index contributed by atoms with van der Waals surface area (Å²) in [5, 5.41) is 11.1. The van der Waals surface area contributed by atoms with Gasteiger partial charge in [0.25, 0.3) is 0 Å². The first-order chi connectivity index (χ1) is 9.91. The molecule has 0 spiro atoms. The summed E-state index contributed by atoms with van der Waals surface area (Å²) in [7, 11) is 0. The van der Waals surface area contributed by atoms with E-state index in [1.165, 1.54) is 18.6 Å². The van der Waals surface area contributed by atoms with E-state index in [4.69, 9.17) is 5.73 Å². The molecule has 0 heterocycles. The summed E-state index contributed by atoms with van der Waals surface area (Å²) < 4.78 is 27.0. The van der Waals surface area contributed by atoms with Crippen LogP contribution in [-0.2, 0) is 5.60 Å². The molecule has 2 rings (SSSR count). The van der Waals surface area contributed by atoms with Crippen molar-refractivity contribution in [1.29, 1.82) is 0 Å². The number of hydrogen-bond donors (Lipinski definition) is 2. The first-order valence-electron chi connectivity index (χ1n) is 7.80. The van der Waals surface area contributed by atoms with Crippen LogP contribution < -0.4 is 5.73 Å². The van der Waals surface area contributed by atoms with Crippen LogP contribution in [0.25, 0.3) is 0 Å². The lowest BCUT2D eigenvalue weighted by Crippen LogP contribution is -2.49. The van der Waals surface area contributed by atoms with E-state index in [0.29, 0.717) is 6.54 Å². The van der Waals surface area contributed by atoms with Crippen LogP contribution in [0.5, 0.6) is 0 Å². The van der Waals surface area contributed by atoms with Gasteiger partial charge in [0, 0.05) is 18.0 Å². The van der Waals surface area contributed by atoms with Crippen LogP contribution in [0.2, 0.25) is 0 Å². The zero-order chi connectivity index (χ0) is 15.5. The molecule has 1 aromatic rings. The second kappa shape index (κ2) is 6.41.